The quantitative estimate of drug-likeness (QED) is 0.865. The molecule has 22 heavy (non-hydrogen) atoms. The van der Waals surface area contributed by atoms with E-state index in [-0.39, 0.29) is 0 Å². The van der Waals surface area contributed by atoms with Crippen molar-refractivity contribution >= 4 is 0 Å². The third-order valence-electron chi connectivity index (χ3n) is 4.64. The van der Waals surface area contributed by atoms with E-state index < -0.39 is 0 Å². The molecule has 0 aliphatic carbocycles. The first-order valence-electron chi connectivity index (χ1n) is 8.13. The zero-order chi connectivity index (χ0) is 15.5. The van der Waals surface area contributed by atoms with E-state index in [1.54, 1.807) is 7.11 Å². The van der Waals surface area contributed by atoms with Gasteiger partial charge in [0.05, 0.1) is 7.11 Å². The molecule has 1 unspecified atom stereocenters. The minimum Gasteiger partial charge on any atom is -0.496 e. The zero-order valence-electron chi connectivity index (χ0n) is 13.7. The van der Waals surface area contributed by atoms with E-state index in [0.717, 1.165) is 35.8 Å². The van der Waals surface area contributed by atoms with Gasteiger partial charge in [0.25, 0.3) is 0 Å². The molecule has 0 saturated carbocycles. The molecule has 2 heterocycles. The third-order valence-corrected chi connectivity index (χ3v) is 4.64. The van der Waals surface area contributed by atoms with Gasteiger partial charge in [-0.05, 0) is 56.6 Å². The van der Waals surface area contributed by atoms with Crippen LogP contribution < -0.4 is 4.74 Å². The summed E-state index contributed by atoms with van der Waals surface area (Å²) in [5, 5.41) is 0. The van der Waals surface area contributed by atoms with E-state index in [2.05, 4.69) is 46.6 Å². The number of hydrogen-bond donors (Lipinski definition) is 0. The Kier molecular flexibility index (Phi) is 4.48. The summed E-state index contributed by atoms with van der Waals surface area (Å²) in [4.78, 5) is 7.14. The second kappa shape index (κ2) is 6.53. The number of aromatic nitrogens is 2. The molecular formula is C18H25N3O. The van der Waals surface area contributed by atoms with E-state index in [1.165, 1.54) is 19.4 Å². The highest BCUT2D eigenvalue weighted by Crippen LogP contribution is 2.29. The number of likely N-dealkylation sites (N-methyl/N-ethyl adjacent to an activating group) is 1. The van der Waals surface area contributed by atoms with Crippen molar-refractivity contribution < 1.29 is 4.74 Å². The molecule has 1 aliphatic rings. The summed E-state index contributed by atoms with van der Waals surface area (Å²) in [6, 6.07) is 6.82. The van der Waals surface area contributed by atoms with Crippen LogP contribution in [0.4, 0.5) is 0 Å². The molecule has 1 aromatic heterocycles. The number of benzene rings is 1. The van der Waals surface area contributed by atoms with Gasteiger partial charge >= 0.3 is 0 Å². The monoisotopic (exact) mass is 299 g/mol. The van der Waals surface area contributed by atoms with E-state index in [9.17, 15) is 0 Å². The SMILES string of the molecule is CCN1CCCC(n2ccnc2-c2ccc(OC)c(C)c2)C1. The fraction of sp³-hybridized carbons (Fsp3) is 0.500. The van der Waals surface area contributed by atoms with Crippen molar-refractivity contribution in [1.29, 1.82) is 0 Å². The lowest BCUT2D eigenvalue weighted by molar-refractivity contribution is 0.186. The van der Waals surface area contributed by atoms with Crippen LogP contribution >= 0.6 is 0 Å². The molecule has 4 heteroatoms. The molecule has 118 valence electrons. The van der Waals surface area contributed by atoms with Gasteiger partial charge in [-0.25, -0.2) is 4.98 Å². The Balaban J connectivity index is 1.90. The predicted molar refractivity (Wildman–Crippen MR) is 89.3 cm³/mol. The number of imidazole rings is 1. The van der Waals surface area contributed by atoms with Gasteiger partial charge in [0, 0.05) is 30.5 Å². The van der Waals surface area contributed by atoms with Crippen LogP contribution in [0.1, 0.15) is 31.4 Å². The molecule has 2 aromatic rings. The number of methoxy groups -OCH3 is 1. The number of ether oxygens (including phenoxy) is 1. The average Bonchev–Trinajstić information content (AvgIpc) is 3.04. The molecule has 3 rings (SSSR count). The van der Waals surface area contributed by atoms with E-state index in [4.69, 9.17) is 4.74 Å². The molecule has 1 aliphatic heterocycles. The first-order valence-corrected chi connectivity index (χ1v) is 8.13. The largest absolute Gasteiger partial charge is 0.496 e. The molecule has 0 amide bonds. The fourth-order valence-electron chi connectivity index (χ4n) is 3.39. The summed E-state index contributed by atoms with van der Waals surface area (Å²) >= 11 is 0. The summed E-state index contributed by atoms with van der Waals surface area (Å²) < 4.78 is 7.71. The van der Waals surface area contributed by atoms with Crippen molar-refractivity contribution in [2.75, 3.05) is 26.7 Å². The number of hydrogen-bond acceptors (Lipinski definition) is 3. The second-order valence-corrected chi connectivity index (χ2v) is 6.03. The second-order valence-electron chi connectivity index (χ2n) is 6.03. The predicted octanol–water partition coefficient (Wildman–Crippen LogP) is 3.52. The molecule has 1 saturated heterocycles. The third kappa shape index (κ3) is 2.88. The number of aryl methyl sites for hydroxylation is 1. The van der Waals surface area contributed by atoms with Crippen molar-refractivity contribution in [2.45, 2.75) is 32.7 Å². The van der Waals surface area contributed by atoms with Gasteiger partial charge in [-0.15, -0.1) is 0 Å². The minimum atomic E-state index is 0.522. The van der Waals surface area contributed by atoms with Crippen LogP contribution in [0, 0.1) is 6.92 Å². The Hall–Kier alpha value is -1.81. The lowest BCUT2D eigenvalue weighted by atomic mass is 10.0. The smallest absolute Gasteiger partial charge is 0.140 e. The highest BCUT2D eigenvalue weighted by atomic mass is 16.5. The van der Waals surface area contributed by atoms with Gasteiger partial charge in [-0.2, -0.15) is 0 Å². The highest BCUT2D eigenvalue weighted by Gasteiger charge is 2.22. The van der Waals surface area contributed by atoms with Gasteiger partial charge in [-0.3, -0.25) is 0 Å². The Labute approximate surface area is 132 Å². The molecule has 1 atom stereocenters. The van der Waals surface area contributed by atoms with Crippen molar-refractivity contribution in [1.82, 2.24) is 14.5 Å². The first kappa shape index (κ1) is 15.1. The summed E-state index contributed by atoms with van der Waals surface area (Å²) in [6.07, 6.45) is 6.53. The van der Waals surface area contributed by atoms with Crippen molar-refractivity contribution in [3.8, 4) is 17.1 Å². The van der Waals surface area contributed by atoms with Crippen LogP contribution in [0.15, 0.2) is 30.6 Å². The topological polar surface area (TPSA) is 30.3 Å². The normalized spacial score (nSPS) is 19.3. The lowest BCUT2D eigenvalue weighted by Gasteiger charge is -2.33. The summed E-state index contributed by atoms with van der Waals surface area (Å²) in [6.45, 7) is 7.79. The van der Waals surface area contributed by atoms with E-state index >= 15 is 0 Å². The molecule has 1 fully saturated rings. The van der Waals surface area contributed by atoms with Crippen LogP contribution in [0.2, 0.25) is 0 Å². The van der Waals surface area contributed by atoms with Gasteiger partial charge in [-0.1, -0.05) is 6.92 Å². The molecule has 4 nitrogen and oxygen atoms in total. The Morgan fingerprint density at radius 2 is 2.23 bits per heavy atom. The number of likely N-dealkylation sites (tertiary alicyclic amines) is 1. The van der Waals surface area contributed by atoms with Crippen LogP contribution in [0.3, 0.4) is 0 Å². The van der Waals surface area contributed by atoms with Crippen LogP contribution in [-0.2, 0) is 0 Å². The Morgan fingerprint density at radius 1 is 1.36 bits per heavy atom. The molecule has 1 aromatic carbocycles. The maximum absolute atomic E-state index is 5.36. The number of rotatable bonds is 4. The Morgan fingerprint density at radius 3 is 2.95 bits per heavy atom. The average molecular weight is 299 g/mol. The van der Waals surface area contributed by atoms with E-state index in [0.29, 0.717) is 6.04 Å². The fourth-order valence-corrected chi connectivity index (χ4v) is 3.39. The van der Waals surface area contributed by atoms with Gasteiger partial charge in [0.15, 0.2) is 0 Å². The van der Waals surface area contributed by atoms with Crippen LogP contribution in [0.25, 0.3) is 11.4 Å². The summed E-state index contributed by atoms with van der Waals surface area (Å²) in [7, 11) is 1.71. The highest BCUT2D eigenvalue weighted by molar-refractivity contribution is 5.59. The lowest BCUT2D eigenvalue weighted by Crippen LogP contribution is -2.36. The molecular weight excluding hydrogens is 274 g/mol. The minimum absolute atomic E-state index is 0.522. The van der Waals surface area contributed by atoms with Crippen LogP contribution in [-0.4, -0.2) is 41.2 Å². The standard InChI is InChI=1S/C18H25N3O/c1-4-20-10-5-6-16(13-20)21-11-9-19-18(21)15-7-8-17(22-3)14(2)12-15/h7-9,11-12,16H,4-6,10,13H2,1-3H3. The van der Waals surface area contributed by atoms with Gasteiger partial charge in [0.2, 0.25) is 0 Å². The maximum Gasteiger partial charge on any atom is 0.140 e. The number of nitrogens with zero attached hydrogens (tertiary/aromatic N) is 3. The van der Waals surface area contributed by atoms with E-state index in [1.807, 2.05) is 12.3 Å². The number of piperidine rings is 1. The van der Waals surface area contributed by atoms with Crippen molar-refractivity contribution in [3.05, 3.63) is 36.2 Å². The first-order chi connectivity index (χ1) is 10.7. The molecule has 0 spiro atoms. The molecule has 0 N–H and O–H groups in total. The Bertz CT molecular complexity index is 635. The molecule has 0 bridgehead atoms. The van der Waals surface area contributed by atoms with Gasteiger partial charge in [0.1, 0.15) is 11.6 Å². The maximum atomic E-state index is 5.36. The van der Waals surface area contributed by atoms with Crippen LogP contribution in [0.5, 0.6) is 5.75 Å². The summed E-state index contributed by atoms with van der Waals surface area (Å²) in [5.74, 6) is 1.99. The van der Waals surface area contributed by atoms with Gasteiger partial charge < -0.3 is 14.2 Å². The van der Waals surface area contributed by atoms with Crippen molar-refractivity contribution in [3.63, 3.8) is 0 Å². The summed E-state index contributed by atoms with van der Waals surface area (Å²) in [5.41, 5.74) is 2.31. The molecule has 0 radical (unpaired) electrons. The zero-order valence-corrected chi connectivity index (χ0v) is 13.7. The van der Waals surface area contributed by atoms with Crippen molar-refractivity contribution in [2.24, 2.45) is 0 Å².